The summed E-state index contributed by atoms with van der Waals surface area (Å²) in [6.45, 7) is 1.79. The summed E-state index contributed by atoms with van der Waals surface area (Å²) < 4.78 is 43.1. The van der Waals surface area contributed by atoms with Crippen molar-refractivity contribution in [3.8, 4) is 17.2 Å². The van der Waals surface area contributed by atoms with Crippen LogP contribution in [0.3, 0.4) is 0 Å². The molecule has 0 aromatic heterocycles. The second-order valence-corrected chi connectivity index (χ2v) is 6.44. The van der Waals surface area contributed by atoms with Crippen molar-refractivity contribution >= 4 is 15.7 Å². The Hall–Kier alpha value is -2.41. The molecule has 0 radical (unpaired) electrons. The minimum absolute atomic E-state index is 0.133. The lowest BCUT2D eigenvalue weighted by molar-refractivity contribution is 0.390. The molecule has 2 rings (SSSR count). The fourth-order valence-electron chi connectivity index (χ4n) is 2.20. The molecule has 0 heterocycles. The number of ether oxygens (including phenoxy) is 3. The summed E-state index contributed by atoms with van der Waals surface area (Å²) in [5.41, 5.74) is 1.06. The first kappa shape index (κ1) is 17.0. The molecule has 0 aliphatic rings. The number of nitrogens with one attached hydrogen (secondary N) is 1. The molecule has 0 bridgehead atoms. The second kappa shape index (κ2) is 6.78. The molecule has 0 saturated carbocycles. The Morgan fingerprint density at radius 2 is 1.52 bits per heavy atom. The van der Waals surface area contributed by atoms with Gasteiger partial charge in [-0.15, -0.1) is 0 Å². The number of rotatable bonds is 6. The number of hydrogen-bond donors (Lipinski definition) is 1. The third-order valence-electron chi connectivity index (χ3n) is 3.39. The van der Waals surface area contributed by atoms with Crippen molar-refractivity contribution in [2.24, 2.45) is 0 Å². The number of methoxy groups -OCH3 is 3. The van der Waals surface area contributed by atoms with Crippen LogP contribution in [0.2, 0.25) is 0 Å². The molecule has 7 heteroatoms. The van der Waals surface area contributed by atoms with Crippen LogP contribution >= 0.6 is 0 Å². The van der Waals surface area contributed by atoms with E-state index in [1.165, 1.54) is 26.4 Å². The van der Waals surface area contributed by atoms with E-state index in [0.29, 0.717) is 28.5 Å². The lowest BCUT2D eigenvalue weighted by Gasteiger charge is -2.16. The highest BCUT2D eigenvalue weighted by atomic mass is 32.2. The van der Waals surface area contributed by atoms with Crippen LogP contribution in [0.15, 0.2) is 41.3 Å². The van der Waals surface area contributed by atoms with Crippen molar-refractivity contribution in [2.45, 2.75) is 11.8 Å². The average molecular weight is 337 g/mol. The largest absolute Gasteiger partial charge is 0.497 e. The molecule has 0 aliphatic heterocycles. The molecule has 0 amide bonds. The summed E-state index contributed by atoms with van der Waals surface area (Å²) in [5.74, 6) is 1.62. The van der Waals surface area contributed by atoms with Gasteiger partial charge in [0.05, 0.1) is 31.9 Å². The molecule has 23 heavy (non-hydrogen) atoms. The van der Waals surface area contributed by atoms with E-state index in [-0.39, 0.29) is 4.90 Å². The van der Waals surface area contributed by atoms with Crippen LogP contribution in [-0.2, 0) is 10.0 Å². The molecule has 0 fully saturated rings. The van der Waals surface area contributed by atoms with Crippen LogP contribution < -0.4 is 18.9 Å². The Kier molecular flexibility index (Phi) is 5.00. The molecule has 1 N–H and O–H groups in total. The Bertz CT molecular complexity index is 785. The molecule has 0 atom stereocenters. The quantitative estimate of drug-likeness (QED) is 0.877. The first-order chi connectivity index (χ1) is 10.9. The van der Waals surface area contributed by atoms with E-state index in [4.69, 9.17) is 14.2 Å². The molecule has 0 spiro atoms. The summed E-state index contributed by atoms with van der Waals surface area (Å²) in [4.78, 5) is 0.133. The van der Waals surface area contributed by atoms with Gasteiger partial charge in [-0.3, -0.25) is 4.72 Å². The van der Waals surface area contributed by atoms with Gasteiger partial charge in [0, 0.05) is 5.56 Å². The molecule has 0 saturated heterocycles. The molecular formula is C16H19NO5S. The summed E-state index contributed by atoms with van der Waals surface area (Å²) in [6, 6.07) is 9.42. The third kappa shape index (κ3) is 3.50. The highest BCUT2D eigenvalue weighted by molar-refractivity contribution is 7.92. The zero-order valence-corrected chi connectivity index (χ0v) is 14.2. The maximum absolute atomic E-state index is 12.5. The van der Waals surface area contributed by atoms with E-state index in [1.807, 2.05) is 0 Å². The molecule has 2 aromatic rings. The van der Waals surface area contributed by atoms with Gasteiger partial charge in [0.1, 0.15) is 17.2 Å². The van der Waals surface area contributed by atoms with Gasteiger partial charge >= 0.3 is 0 Å². The first-order valence-electron chi connectivity index (χ1n) is 6.81. The van der Waals surface area contributed by atoms with E-state index in [1.54, 1.807) is 38.3 Å². The van der Waals surface area contributed by atoms with Gasteiger partial charge < -0.3 is 14.2 Å². The van der Waals surface area contributed by atoms with Gasteiger partial charge in [0.25, 0.3) is 10.0 Å². The van der Waals surface area contributed by atoms with Gasteiger partial charge in [-0.1, -0.05) is 0 Å². The fourth-order valence-corrected chi connectivity index (χ4v) is 3.26. The van der Waals surface area contributed by atoms with Crippen LogP contribution in [0.4, 0.5) is 5.69 Å². The van der Waals surface area contributed by atoms with Crippen LogP contribution in [0.5, 0.6) is 17.2 Å². The molecular weight excluding hydrogens is 318 g/mol. The third-order valence-corrected chi connectivity index (χ3v) is 4.78. The van der Waals surface area contributed by atoms with Crippen LogP contribution in [0, 0.1) is 6.92 Å². The van der Waals surface area contributed by atoms with Crippen molar-refractivity contribution in [3.05, 3.63) is 42.0 Å². The van der Waals surface area contributed by atoms with Gasteiger partial charge in [0.2, 0.25) is 0 Å². The zero-order chi connectivity index (χ0) is 17.0. The molecule has 124 valence electrons. The van der Waals surface area contributed by atoms with Gasteiger partial charge in [-0.2, -0.15) is 0 Å². The van der Waals surface area contributed by atoms with E-state index in [2.05, 4.69) is 4.72 Å². The Labute approximate surface area is 136 Å². The van der Waals surface area contributed by atoms with Crippen LogP contribution in [0.1, 0.15) is 5.56 Å². The SMILES string of the molecule is COc1ccc(S(=O)(=O)Nc2ccc(OC)c(C)c2OC)cc1. The number of benzene rings is 2. The van der Waals surface area contributed by atoms with Crippen molar-refractivity contribution < 1.29 is 22.6 Å². The predicted molar refractivity (Wildman–Crippen MR) is 88.1 cm³/mol. The predicted octanol–water partition coefficient (Wildman–Crippen LogP) is 2.82. The molecule has 2 aromatic carbocycles. The Morgan fingerprint density at radius 1 is 0.870 bits per heavy atom. The standard InChI is InChI=1S/C16H19NO5S/c1-11-15(21-3)10-9-14(16(11)22-4)17-23(18,19)13-7-5-12(20-2)6-8-13/h5-10,17H,1-4H3. The minimum atomic E-state index is -3.73. The smallest absolute Gasteiger partial charge is 0.262 e. The van der Waals surface area contributed by atoms with Crippen molar-refractivity contribution in [2.75, 3.05) is 26.1 Å². The van der Waals surface area contributed by atoms with Crippen molar-refractivity contribution in [1.29, 1.82) is 0 Å². The number of sulfonamides is 1. The Morgan fingerprint density at radius 3 is 2.04 bits per heavy atom. The monoisotopic (exact) mass is 337 g/mol. The van der Waals surface area contributed by atoms with Crippen LogP contribution in [0.25, 0.3) is 0 Å². The van der Waals surface area contributed by atoms with Crippen LogP contribution in [-0.4, -0.2) is 29.7 Å². The van der Waals surface area contributed by atoms with E-state index in [0.717, 1.165) is 0 Å². The lowest BCUT2D eigenvalue weighted by atomic mass is 10.2. The van der Waals surface area contributed by atoms with Gasteiger partial charge in [0.15, 0.2) is 0 Å². The topological polar surface area (TPSA) is 73.9 Å². The summed E-state index contributed by atoms with van der Waals surface area (Å²) >= 11 is 0. The summed E-state index contributed by atoms with van der Waals surface area (Å²) in [6.07, 6.45) is 0. The van der Waals surface area contributed by atoms with Gasteiger partial charge in [-0.25, -0.2) is 8.42 Å². The fraction of sp³-hybridized carbons (Fsp3) is 0.250. The highest BCUT2D eigenvalue weighted by Crippen LogP contribution is 2.36. The second-order valence-electron chi connectivity index (χ2n) is 4.75. The Balaban J connectivity index is 2.38. The minimum Gasteiger partial charge on any atom is -0.497 e. The molecule has 0 aliphatic carbocycles. The van der Waals surface area contributed by atoms with E-state index >= 15 is 0 Å². The lowest BCUT2D eigenvalue weighted by Crippen LogP contribution is -2.14. The molecule has 0 unspecified atom stereocenters. The average Bonchev–Trinajstić information content (AvgIpc) is 2.55. The van der Waals surface area contributed by atoms with Crippen molar-refractivity contribution in [1.82, 2.24) is 0 Å². The van der Waals surface area contributed by atoms with Gasteiger partial charge in [-0.05, 0) is 43.3 Å². The maximum Gasteiger partial charge on any atom is 0.262 e. The highest BCUT2D eigenvalue weighted by Gasteiger charge is 2.19. The van der Waals surface area contributed by atoms with E-state index < -0.39 is 10.0 Å². The summed E-state index contributed by atoms with van der Waals surface area (Å²) in [7, 11) is 0.811. The summed E-state index contributed by atoms with van der Waals surface area (Å²) in [5, 5.41) is 0. The maximum atomic E-state index is 12.5. The van der Waals surface area contributed by atoms with E-state index in [9.17, 15) is 8.42 Å². The van der Waals surface area contributed by atoms with Crippen molar-refractivity contribution in [3.63, 3.8) is 0 Å². The zero-order valence-electron chi connectivity index (χ0n) is 13.4. The first-order valence-corrected chi connectivity index (χ1v) is 8.29. The number of hydrogen-bond acceptors (Lipinski definition) is 5. The number of anilines is 1. The molecule has 6 nitrogen and oxygen atoms in total. The normalized spacial score (nSPS) is 11.0.